The Morgan fingerprint density at radius 1 is 1.05 bits per heavy atom. The summed E-state index contributed by atoms with van der Waals surface area (Å²) in [5.74, 6) is -0.590. The van der Waals surface area contributed by atoms with Gasteiger partial charge in [-0.25, -0.2) is 0 Å². The molecule has 0 aliphatic carbocycles. The maximum absolute atomic E-state index is 11.7. The van der Waals surface area contributed by atoms with Crippen molar-refractivity contribution >= 4 is 5.97 Å². The first kappa shape index (κ1) is 12.6. The molecule has 21 heavy (non-hydrogen) atoms. The van der Waals surface area contributed by atoms with Crippen LogP contribution in [-0.4, -0.2) is 36.6 Å². The van der Waals surface area contributed by atoms with Crippen molar-refractivity contribution in [2.45, 2.75) is 36.9 Å². The van der Waals surface area contributed by atoms with Gasteiger partial charge in [-0.15, -0.1) is 0 Å². The van der Waals surface area contributed by atoms with Gasteiger partial charge in [0.1, 0.15) is 6.10 Å². The molecule has 3 aliphatic heterocycles. The van der Waals surface area contributed by atoms with Crippen LogP contribution in [-0.2, 0) is 23.7 Å². The Kier molecular flexibility index (Phi) is 2.83. The largest absolute Gasteiger partial charge is 0.456 e. The summed E-state index contributed by atoms with van der Waals surface area (Å²) in [5.41, 5.74) is 9.35. The van der Waals surface area contributed by atoms with Crippen LogP contribution >= 0.6 is 0 Å². The predicted molar refractivity (Wildman–Crippen MR) is 66.6 cm³/mol. The first-order chi connectivity index (χ1) is 10.3. The number of azide groups is 1. The molecule has 0 bridgehead atoms. The van der Waals surface area contributed by atoms with Crippen LogP contribution < -0.4 is 0 Å². The first-order valence-electron chi connectivity index (χ1n) is 6.54. The van der Waals surface area contributed by atoms with Crippen LogP contribution in [0.25, 0.3) is 10.4 Å². The highest BCUT2D eigenvalue weighted by Crippen LogP contribution is 2.43. The Morgan fingerprint density at radius 2 is 1.86 bits per heavy atom. The van der Waals surface area contributed by atoms with Gasteiger partial charge in [-0.3, -0.25) is 4.79 Å². The van der Waals surface area contributed by atoms with Crippen LogP contribution in [0.1, 0.15) is 11.9 Å². The lowest BCUT2D eigenvalue weighted by molar-refractivity contribution is -0.164. The maximum atomic E-state index is 11.7. The number of esters is 1. The number of benzene rings is 1. The van der Waals surface area contributed by atoms with Crippen LogP contribution in [0.2, 0.25) is 0 Å². The second-order valence-electron chi connectivity index (χ2n) is 5.00. The Bertz CT molecular complexity index is 617. The molecule has 6 atom stereocenters. The summed E-state index contributed by atoms with van der Waals surface area (Å²) in [6, 6.07) is 8.45. The van der Waals surface area contributed by atoms with Gasteiger partial charge in [-0.05, 0) is 5.53 Å². The molecule has 1 aromatic rings. The molecule has 8 nitrogen and oxygen atoms in total. The molecule has 0 unspecified atom stereocenters. The Hall–Kier alpha value is -2.12. The summed E-state index contributed by atoms with van der Waals surface area (Å²) in [4.78, 5) is 14.3. The molecule has 3 fully saturated rings. The molecule has 8 heteroatoms. The van der Waals surface area contributed by atoms with Gasteiger partial charge in [-0.1, -0.05) is 35.4 Å². The van der Waals surface area contributed by atoms with Gasteiger partial charge >= 0.3 is 5.97 Å². The molecule has 3 heterocycles. The van der Waals surface area contributed by atoms with Gasteiger partial charge in [0.2, 0.25) is 0 Å². The van der Waals surface area contributed by atoms with Crippen molar-refractivity contribution in [2.24, 2.45) is 5.11 Å². The average molecular weight is 289 g/mol. The highest BCUT2D eigenvalue weighted by atomic mass is 16.8. The number of hydrogen-bond donors (Lipinski definition) is 0. The van der Waals surface area contributed by atoms with E-state index in [4.69, 9.17) is 24.5 Å². The minimum atomic E-state index is -0.979. The van der Waals surface area contributed by atoms with E-state index in [1.54, 1.807) is 0 Å². The van der Waals surface area contributed by atoms with E-state index < -0.39 is 42.9 Å². The lowest BCUT2D eigenvalue weighted by Gasteiger charge is -2.16. The summed E-state index contributed by atoms with van der Waals surface area (Å²) >= 11 is 0. The van der Waals surface area contributed by atoms with Crippen molar-refractivity contribution in [3.05, 3.63) is 46.3 Å². The molecule has 0 aromatic heterocycles. The number of carbonyl (C=O) groups excluding carboxylic acids is 1. The monoisotopic (exact) mass is 289 g/mol. The molecule has 3 aliphatic rings. The van der Waals surface area contributed by atoms with Crippen molar-refractivity contribution in [3.8, 4) is 0 Å². The van der Waals surface area contributed by atoms with E-state index in [-0.39, 0.29) is 0 Å². The van der Waals surface area contributed by atoms with Crippen LogP contribution in [0, 0.1) is 0 Å². The SMILES string of the molecule is [N-]=[N+]=N[C@H]1C(=O)O[C@@H]2[C@H]3O[C@@H](c4ccccc4)O[C@H]3O[C@@H]21. The zero-order chi connectivity index (χ0) is 14.4. The molecule has 0 amide bonds. The van der Waals surface area contributed by atoms with E-state index in [2.05, 4.69) is 10.0 Å². The van der Waals surface area contributed by atoms with Gasteiger partial charge in [0.05, 0.1) is 0 Å². The van der Waals surface area contributed by atoms with E-state index in [1.807, 2.05) is 30.3 Å². The standard InChI is InChI=1S/C13H11N3O5/c14-16-15-7-8-9(18-11(7)17)10-13(19-8)21-12(20-10)6-4-2-1-3-5-6/h1-5,7-10,12-13H/t7-,8-,9+,10-,12-,13-/m1/s1. The van der Waals surface area contributed by atoms with Crippen LogP contribution in [0.5, 0.6) is 0 Å². The summed E-state index contributed by atoms with van der Waals surface area (Å²) in [7, 11) is 0. The molecular formula is C13H11N3O5. The van der Waals surface area contributed by atoms with Crippen LogP contribution in [0.3, 0.4) is 0 Å². The van der Waals surface area contributed by atoms with Gasteiger partial charge in [-0.2, -0.15) is 0 Å². The van der Waals surface area contributed by atoms with Crippen molar-refractivity contribution in [1.29, 1.82) is 0 Å². The minimum Gasteiger partial charge on any atom is -0.456 e. The predicted octanol–water partition coefficient (Wildman–Crippen LogP) is 1.43. The number of fused-ring (bicyclic) bond motifs is 3. The smallest absolute Gasteiger partial charge is 0.318 e. The number of carbonyl (C=O) groups is 1. The molecule has 108 valence electrons. The number of hydrogen-bond acceptors (Lipinski definition) is 6. The lowest BCUT2D eigenvalue weighted by Crippen LogP contribution is -2.31. The molecule has 4 rings (SSSR count). The Balaban J connectivity index is 1.54. The van der Waals surface area contributed by atoms with Gasteiger partial charge < -0.3 is 18.9 Å². The normalized spacial score (nSPS) is 40.3. The lowest BCUT2D eigenvalue weighted by atomic mass is 10.1. The fourth-order valence-corrected chi connectivity index (χ4v) is 2.86. The third kappa shape index (κ3) is 1.89. The van der Waals surface area contributed by atoms with Crippen LogP contribution in [0.4, 0.5) is 0 Å². The van der Waals surface area contributed by atoms with E-state index in [0.29, 0.717) is 0 Å². The third-order valence-corrected chi connectivity index (χ3v) is 3.80. The van der Waals surface area contributed by atoms with E-state index in [1.165, 1.54) is 0 Å². The Morgan fingerprint density at radius 3 is 2.62 bits per heavy atom. The molecule has 0 N–H and O–H groups in total. The minimum absolute atomic E-state index is 0.511. The van der Waals surface area contributed by atoms with Crippen molar-refractivity contribution in [3.63, 3.8) is 0 Å². The Labute approximate surface area is 119 Å². The van der Waals surface area contributed by atoms with E-state index in [9.17, 15) is 4.79 Å². The number of nitrogens with zero attached hydrogens (tertiary/aromatic N) is 3. The van der Waals surface area contributed by atoms with E-state index >= 15 is 0 Å². The summed E-state index contributed by atoms with van der Waals surface area (Å²) in [6.07, 6.45) is -2.95. The van der Waals surface area contributed by atoms with Gasteiger partial charge in [0.15, 0.2) is 30.8 Å². The molecule has 0 saturated carbocycles. The molecule has 3 saturated heterocycles. The second-order valence-corrected chi connectivity index (χ2v) is 5.00. The first-order valence-corrected chi connectivity index (χ1v) is 6.54. The number of rotatable bonds is 2. The van der Waals surface area contributed by atoms with Crippen molar-refractivity contribution in [1.82, 2.24) is 0 Å². The highest BCUT2D eigenvalue weighted by molar-refractivity contribution is 5.79. The van der Waals surface area contributed by atoms with Crippen LogP contribution in [0.15, 0.2) is 35.4 Å². The van der Waals surface area contributed by atoms with Crippen molar-refractivity contribution < 1.29 is 23.7 Å². The molecule has 0 radical (unpaired) electrons. The average Bonchev–Trinajstić information content (AvgIpc) is 3.13. The molecular weight excluding hydrogens is 278 g/mol. The van der Waals surface area contributed by atoms with E-state index in [0.717, 1.165) is 5.56 Å². The maximum Gasteiger partial charge on any atom is 0.318 e. The molecule has 0 spiro atoms. The number of ether oxygens (including phenoxy) is 4. The second kappa shape index (κ2) is 4.71. The van der Waals surface area contributed by atoms with Gasteiger partial charge in [0.25, 0.3) is 0 Å². The van der Waals surface area contributed by atoms with Crippen molar-refractivity contribution in [2.75, 3.05) is 0 Å². The summed E-state index contributed by atoms with van der Waals surface area (Å²) in [5, 5.41) is 3.42. The highest BCUT2D eigenvalue weighted by Gasteiger charge is 2.61. The summed E-state index contributed by atoms with van der Waals surface area (Å²) < 4.78 is 22.4. The summed E-state index contributed by atoms with van der Waals surface area (Å²) in [6.45, 7) is 0. The quantitative estimate of drug-likeness (QED) is 0.354. The fourth-order valence-electron chi connectivity index (χ4n) is 2.86. The zero-order valence-corrected chi connectivity index (χ0v) is 10.7. The zero-order valence-electron chi connectivity index (χ0n) is 10.7. The molecule has 1 aromatic carbocycles. The topological polar surface area (TPSA) is 103 Å². The third-order valence-electron chi connectivity index (χ3n) is 3.80. The fraction of sp³-hybridized carbons (Fsp3) is 0.462. The van der Waals surface area contributed by atoms with Gasteiger partial charge in [0, 0.05) is 10.5 Å².